The first-order chi connectivity index (χ1) is 20.5. The Hall–Kier alpha value is -4.47. The Morgan fingerprint density at radius 1 is 0.860 bits per heavy atom. The molecule has 0 saturated carbocycles. The molecular weight excluding hydrogens is 714 g/mol. The van der Waals surface area contributed by atoms with Gasteiger partial charge in [-0.05, 0) is 70.3 Å². The van der Waals surface area contributed by atoms with Crippen LogP contribution in [0.3, 0.4) is 0 Å². The van der Waals surface area contributed by atoms with E-state index < -0.39 is 0 Å². The maximum atomic E-state index is 11.0. The Balaban J connectivity index is 0.00000329. The van der Waals surface area contributed by atoms with E-state index in [1.54, 1.807) is 0 Å². The summed E-state index contributed by atoms with van der Waals surface area (Å²) in [5.41, 5.74) is 6.92. The van der Waals surface area contributed by atoms with Gasteiger partial charge in [0.1, 0.15) is 17.1 Å². The Kier molecular flexibility index (Phi) is 7.77. The minimum atomic E-state index is 0. The molecule has 0 aliphatic carbocycles. The van der Waals surface area contributed by atoms with Gasteiger partial charge >= 0.3 is 0 Å². The smallest absolute Gasteiger partial charge is 0.217 e. The summed E-state index contributed by atoms with van der Waals surface area (Å²) in [6.45, 7) is 6.46. The van der Waals surface area contributed by atoms with E-state index in [0.717, 1.165) is 56.1 Å². The van der Waals surface area contributed by atoms with Gasteiger partial charge in [0, 0.05) is 50.0 Å². The number of aromatic hydroxyl groups is 1. The number of nitrogens with zero attached hydrogens (tertiary/aromatic N) is 3. The second kappa shape index (κ2) is 11.7. The van der Waals surface area contributed by atoms with Crippen LogP contribution in [-0.2, 0) is 27.5 Å². The predicted octanol–water partition coefficient (Wildman–Crippen LogP) is 9.38. The molecule has 7 rings (SSSR count). The number of aryl methyl sites for hydroxylation is 1. The molecule has 0 bridgehead atoms. The standard InChI is InChI=1S/C37H30N3O2.Pt/c1-4-24-20-33(41)37-30(36(24)25-10-6-5-7-11-25)16-17-35(39-37)42-27-14-15-29-28-12-8-9-13-31(28)40(32(29)22-27)34-21-26(23(2)3)18-19-38-34;/h5-21,23,41H,4H2,1-3H3;/q-1;. The van der Waals surface area contributed by atoms with Crippen LogP contribution < -0.4 is 4.74 Å². The van der Waals surface area contributed by atoms with Crippen LogP contribution in [0.5, 0.6) is 17.4 Å². The van der Waals surface area contributed by atoms with Gasteiger partial charge in [-0.25, -0.2) is 9.97 Å². The van der Waals surface area contributed by atoms with Crippen molar-refractivity contribution >= 4 is 32.7 Å². The minimum Gasteiger partial charge on any atom is -0.506 e. The third kappa shape index (κ3) is 5.08. The van der Waals surface area contributed by atoms with Gasteiger partial charge in [-0.2, -0.15) is 6.07 Å². The first kappa shape index (κ1) is 28.6. The molecule has 6 heteroatoms. The summed E-state index contributed by atoms with van der Waals surface area (Å²) in [5, 5.41) is 14.0. The topological polar surface area (TPSA) is 60.2 Å². The fraction of sp³-hybridized carbons (Fsp3) is 0.135. The van der Waals surface area contributed by atoms with Crippen LogP contribution in [0.1, 0.15) is 37.8 Å². The summed E-state index contributed by atoms with van der Waals surface area (Å²) in [6, 6.07) is 35.9. The molecule has 7 aromatic rings. The number of aromatic nitrogens is 3. The third-order valence-corrected chi connectivity index (χ3v) is 7.89. The summed E-state index contributed by atoms with van der Waals surface area (Å²) < 4.78 is 8.43. The number of phenols is 1. The van der Waals surface area contributed by atoms with Crippen molar-refractivity contribution in [3.8, 4) is 34.3 Å². The van der Waals surface area contributed by atoms with Crippen LogP contribution in [0.25, 0.3) is 49.7 Å². The van der Waals surface area contributed by atoms with Gasteiger partial charge in [-0.15, -0.1) is 17.5 Å². The van der Waals surface area contributed by atoms with Crippen LogP contribution in [0.15, 0.2) is 103 Å². The van der Waals surface area contributed by atoms with E-state index in [2.05, 4.69) is 73.9 Å². The Morgan fingerprint density at radius 2 is 1.63 bits per heavy atom. The van der Waals surface area contributed by atoms with Gasteiger partial charge in [0.25, 0.3) is 0 Å². The molecule has 216 valence electrons. The molecular formula is C37H30N3O2Pt-. The summed E-state index contributed by atoms with van der Waals surface area (Å²) in [4.78, 5) is 9.49. The molecule has 3 aromatic heterocycles. The first-order valence-electron chi connectivity index (χ1n) is 14.3. The van der Waals surface area contributed by atoms with E-state index >= 15 is 0 Å². The Labute approximate surface area is 265 Å². The Morgan fingerprint density at radius 3 is 2.42 bits per heavy atom. The molecule has 0 fully saturated rings. The minimum absolute atomic E-state index is 0. The molecule has 3 heterocycles. The van der Waals surface area contributed by atoms with Gasteiger partial charge in [0.05, 0.1) is 0 Å². The van der Waals surface area contributed by atoms with E-state index in [9.17, 15) is 5.11 Å². The van der Waals surface area contributed by atoms with Crippen molar-refractivity contribution in [2.45, 2.75) is 33.1 Å². The van der Waals surface area contributed by atoms with Crippen LogP contribution in [-0.4, -0.2) is 19.6 Å². The van der Waals surface area contributed by atoms with Crippen LogP contribution in [0.2, 0.25) is 0 Å². The monoisotopic (exact) mass is 743 g/mol. The maximum absolute atomic E-state index is 11.0. The molecule has 0 radical (unpaired) electrons. The summed E-state index contributed by atoms with van der Waals surface area (Å²) >= 11 is 0. The third-order valence-electron chi connectivity index (χ3n) is 7.89. The SMILES string of the molecule is CCc1cc(O)c2nc(Oc3[c-]c4c(cc3)c3ccccc3n4-c3cc(C(C)C)ccn3)ccc2c1-c1ccccc1.[Pt]. The fourth-order valence-corrected chi connectivity index (χ4v) is 5.80. The van der Waals surface area contributed by atoms with Crippen molar-refractivity contribution in [3.05, 3.63) is 120 Å². The van der Waals surface area contributed by atoms with Gasteiger partial charge in [-0.3, -0.25) is 0 Å². The average Bonchev–Trinajstić information content (AvgIpc) is 3.35. The zero-order valence-corrected chi connectivity index (χ0v) is 26.4. The second-order valence-corrected chi connectivity index (χ2v) is 10.8. The molecule has 5 nitrogen and oxygen atoms in total. The van der Waals surface area contributed by atoms with Crippen LogP contribution >= 0.6 is 0 Å². The molecule has 43 heavy (non-hydrogen) atoms. The predicted molar refractivity (Wildman–Crippen MR) is 170 cm³/mol. The van der Waals surface area contributed by atoms with E-state index in [-0.39, 0.29) is 26.8 Å². The molecule has 1 N–H and O–H groups in total. The number of benzene rings is 4. The quantitative estimate of drug-likeness (QED) is 0.173. The van der Waals surface area contributed by atoms with Crippen LogP contribution in [0.4, 0.5) is 0 Å². The van der Waals surface area contributed by atoms with E-state index in [0.29, 0.717) is 23.1 Å². The number of para-hydroxylation sites is 1. The van der Waals surface area contributed by atoms with Crippen molar-refractivity contribution < 1.29 is 30.9 Å². The molecule has 4 aromatic carbocycles. The molecule has 0 amide bonds. The average molecular weight is 744 g/mol. The number of rotatable bonds is 6. The number of ether oxygens (including phenoxy) is 1. The first-order valence-corrected chi connectivity index (χ1v) is 14.3. The van der Waals surface area contributed by atoms with Gasteiger partial charge in [0.2, 0.25) is 5.88 Å². The Bertz CT molecular complexity index is 2100. The molecule has 0 unspecified atom stereocenters. The van der Waals surface area contributed by atoms with E-state index in [4.69, 9.17) is 14.7 Å². The number of fused-ring (bicyclic) bond motifs is 4. The molecule has 0 saturated heterocycles. The second-order valence-electron chi connectivity index (χ2n) is 10.8. The summed E-state index contributed by atoms with van der Waals surface area (Å²) in [7, 11) is 0. The van der Waals surface area contributed by atoms with Crippen molar-refractivity contribution in [1.29, 1.82) is 0 Å². The van der Waals surface area contributed by atoms with Gasteiger partial charge < -0.3 is 14.4 Å². The zero-order chi connectivity index (χ0) is 28.8. The van der Waals surface area contributed by atoms with E-state index in [1.165, 1.54) is 5.56 Å². The van der Waals surface area contributed by atoms with Crippen molar-refractivity contribution in [1.82, 2.24) is 14.5 Å². The number of pyridine rings is 2. The van der Waals surface area contributed by atoms with Crippen molar-refractivity contribution in [2.75, 3.05) is 0 Å². The molecule has 0 aliphatic rings. The van der Waals surface area contributed by atoms with Crippen molar-refractivity contribution in [3.63, 3.8) is 0 Å². The molecule has 0 spiro atoms. The molecule has 0 aliphatic heterocycles. The number of phenolic OH excluding ortho intramolecular Hbond substituents is 1. The largest absolute Gasteiger partial charge is 0.506 e. The summed E-state index contributed by atoms with van der Waals surface area (Å²) in [5.74, 6) is 2.29. The van der Waals surface area contributed by atoms with Gasteiger partial charge in [-0.1, -0.05) is 74.8 Å². The van der Waals surface area contributed by atoms with E-state index in [1.807, 2.05) is 60.8 Å². The maximum Gasteiger partial charge on any atom is 0.217 e. The van der Waals surface area contributed by atoms with Crippen molar-refractivity contribution in [2.24, 2.45) is 0 Å². The molecule has 0 atom stereocenters. The fourth-order valence-electron chi connectivity index (χ4n) is 5.80. The van der Waals surface area contributed by atoms with Crippen LogP contribution in [0, 0.1) is 6.07 Å². The summed E-state index contributed by atoms with van der Waals surface area (Å²) in [6.07, 6.45) is 2.66. The normalized spacial score (nSPS) is 11.3. The van der Waals surface area contributed by atoms with Gasteiger partial charge in [0.15, 0.2) is 0 Å². The number of hydrogen-bond acceptors (Lipinski definition) is 4. The zero-order valence-electron chi connectivity index (χ0n) is 24.1. The number of hydrogen-bond donors (Lipinski definition) is 1.